The van der Waals surface area contributed by atoms with Crippen molar-refractivity contribution in [1.82, 2.24) is 0 Å². The molecule has 0 aliphatic heterocycles. The molecule has 0 aromatic heterocycles. The Bertz CT molecular complexity index is 258. The molecule has 1 aliphatic carbocycles. The molecule has 0 saturated heterocycles. The van der Waals surface area contributed by atoms with E-state index >= 15 is 0 Å². The van der Waals surface area contributed by atoms with Crippen LogP contribution in [0, 0.1) is 16.2 Å². The van der Waals surface area contributed by atoms with Gasteiger partial charge in [-0.2, -0.15) is 13.5 Å². The lowest BCUT2D eigenvalue weighted by Gasteiger charge is -2.07. The smallest absolute Gasteiger partial charge is 0.0844 e. The molecule has 0 fully saturated rings. The Morgan fingerprint density at radius 3 is 2.23 bits per heavy atom. The highest BCUT2D eigenvalue weighted by Gasteiger charge is 2.09. The van der Waals surface area contributed by atoms with Crippen LogP contribution in [-0.4, -0.2) is 29.9 Å². The van der Waals surface area contributed by atoms with E-state index in [9.17, 15) is 0 Å². The minimum atomic E-state index is -0.161. The van der Waals surface area contributed by atoms with E-state index in [0.29, 0.717) is 5.57 Å². The molecule has 0 heterocycles. The highest BCUT2D eigenvalue weighted by Crippen LogP contribution is 2.03. The average molecular weight is 199 g/mol. The minimum absolute atomic E-state index is 0. The maximum Gasteiger partial charge on any atom is 0.0844 e. The van der Waals surface area contributed by atoms with Crippen molar-refractivity contribution in [2.75, 3.05) is 6.61 Å². The van der Waals surface area contributed by atoms with E-state index in [-0.39, 0.29) is 31.5 Å². The summed E-state index contributed by atoms with van der Waals surface area (Å²) in [6.45, 7) is 2.34. The van der Waals surface area contributed by atoms with Gasteiger partial charge in [-0.15, -0.1) is 0 Å². The molecule has 0 atom stereocenters. The fraction of sp³-hybridized carbons (Fsp3) is 0.125. The molecule has 0 unspecified atom stereocenters. The predicted molar refractivity (Wildman–Crippen MR) is 60.0 cm³/mol. The van der Waals surface area contributed by atoms with Gasteiger partial charge in [-0.3, -0.25) is 10.8 Å². The molecule has 1 rings (SSSR count). The van der Waals surface area contributed by atoms with E-state index in [1.54, 1.807) is 12.2 Å². The van der Waals surface area contributed by atoms with Crippen molar-refractivity contribution < 1.29 is 5.11 Å². The summed E-state index contributed by atoms with van der Waals surface area (Å²) < 4.78 is 0. The Labute approximate surface area is 84.0 Å². The van der Waals surface area contributed by atoms with Crippen molar-refractivity contribution in [3.63, 3.8) is 0 Å². The third-order valence-corrected chi connectivity index (χ3v) is 1.32. The van der Waals surface area contributed by atoms with Gasteiger partial charge in [0.25, 0.3) is 0 Å². The minimum Gasteiger partial charge on any atom is -0.392 e. The van der Waals surface area contributed by atoms with Crippen LogP contribution in [0.25, 0.3) is 0 Å². The normalized spacial score (nSPS) is 13.8. The maximum absolute atomic E-state index is 8.64. The van der Waals surface area contributed by atoms with Crippen LogP contribution >= 0.6 is 13.5 Å². The lowest BCUT2D eigenvalue weighted by Crippen LogP contribution is -2.16. The van der Waals surface area contributed by atoms with E-state index in [2.05, 4.69) is 6.72 Å². The highest BCUT2D eigenvalue weighted by molar-refractivity contribution is 7.59. The summed E-state index contributed by atoms with van der Waals surface area (Å²) in [6.07, 6.45) is 4.83. The fourth-order valence-corrected chi connectivity index (χ4v) is 0.732. The standard InChI is InChI=1S/C7H8N2O.CH3N.H2S/c8-6-3-1-2-5(4-10)7(6)9;1-2;/h1-3,8-10H,4H2;2H,1H2;1H2. The molecular weight excluding hydrogens is 186 g/mol. The van der Waals surface area contributed by atoms with Gasteiger partial charge < -0.3 is 10.5 Å². The zero-order chi connectivity index (χ0) is 9.56. The Hall–Kier alpha value is -1.20. The SMILES string of the molecule is C=N.N=C1C=CC=C(CO)C1=N.S. The Balaban J connectivity index is 0. The summed E-state index contributed by atoms with van der Waals surface area (Å²) in [6, 6.07) is 0. The second kappa shape index (κ2) is 7.45. The first kappa shape index (κ1) is 14.3. The van der Waals surface area contributed by atoms with Gasteiger partial charge in [0.15, 0.2) is 0 Å². The van der Waals surface area contributed by atoms with Crippen LogP contribution < -0.4 is 0 Å². The molecule has 4 N–H and O–H groups in total. The Morgan fingerprint density at radius 2 is 1.85 bits per heavy atom. The highest BCUT2D eigenvalue weighted by atomic mass is 32.1. The summed E-state index contributed by atoms with van der Waals surface area (Å²) in [7, 11) is 0. The molecule has 4 nitrogen and oxygen atoms in total. The molecular formula is C8H13N3OS. The lowest BCUT2D eigenvalue weighted by atomic mass is 10.0. The summed E-state index contributed by atoms with van der Waals surface area (Å²) in [5.41, 5.74) is 0.782. The van der Waals surface area contributed by atoms with Crippen LogP contribution in [0.2, 0.25) is 0 Å². The van der Waals surface area contributed by atoms with Crippen LogP contribution in [-0.2, 0) is 0 Å². The van der Waals surface area contributed by atoms with Gasteiger partial charge in [0.05, 0.1) is 18.0 Å². The molecule has 1 aliphatic rings. The van der Waals surface area contributed by atoms with Crippen molar-refractivity contribution in [3.05, 3.63) is 23.8 Å². The van der Waals surface area contributed by atoms with Crippen LogP contribution in [0.1, 0.15) is 0 Å². The Kier molecular flexibility index (Phi) is 8.21. The summed E-state index contributed by atoms with van der Waals surface area (Å²) in [5, 5.41) is 28.6. The van der Waals surface area contributed by atoms with Crippen molar-refractivity contribution in [2.45, 2.75) is 0 Å². The van der Waals surface area contributed by atoms with Gasteiger partial charge in [0.2, 0.25) is 0 Å². The molecule has 0 aromatic rings. The number of aliphatic hydroxyl groups excluding tert-OH is 1. The number of rotatable bonds is 1. The summed E-state index contributed by atoms with van der Waals surface area (Å²) in [5.74, 6) is 0. The lowest BCUT2D eigenvalue weighted by molar-refractivity contribution is 0.337. The van der Waals surface area contributed by atoms with E-state index in [1.165, 1.54) is 6.08 Å². The third-order valence-electron chi connectivity index (χ3n) is 1.32. The number of aliphatic hydroxyl groups is 1. The first-order valence-electron chi connectivity index (χ1n) is 3.27. The number of hydrogen-bond donors (Lipinski definition) is 4. The van der Waals surface area contributed by atoms with Crippen LogP contribution in [0.5, 0.6) is 0 Å². The van der Waals surface area contributed by atoms with Crippen molar-refractivity contribution in [1.29, 1.82) is 16.2 Å². The van der Waals surface area contributed by atoms with Crippen molar-refractivity contribution in [2.24, 2.45) is 0 Å². The number of hydrogen-bond acceptors (Lipinski definition) is 4. The molecule has 0 saturated carbocycles. The van der Waals surface area contributed by atoms with Gasteiger partial charge in [-0.05, 0) is 12.8 Å². The van der Waals surface area contributed by atoms with E-state index in [1.807, 2.05) is 0 Å². The van der Waals surface area contributed by atoms with Crippen LogP contribution in [0.15, 0.2) is 23.8 Å². The van der Waals surface area contributed by atoms with Crippen LogP contribution in [0.4, 0.5) is 0 Å². The first-order chi connectivity index (χ1) is 5.75. The molecule has 72 valence electrons. The molecule has 0 aromatic carbocycles. The summed E-state index contributed by atoms with van der Waals surface area (Å²) >= 11 is 0. The zero-order valence-electron chi connectivity index (χ0n) is 7.09. The quantitative estimate of drug-likeness (QED) is 0.366. The van der Waals surface area contributed by atoms with Gasteiger partial charge >= 0.3 is 0 Å². The topological polar surface area (TPSA) is 91.8 Å². The summed E-state index contributed by atoms with van der Waals surface area (Å²) in [4.78, 5) is 0. The van der Waals surface area contributed by atoms with Crippen LogP contribution in [0.3, 0.4) is 0 Å². The number of allylic oxidation sites excluding steroid dienone is 3. The largest absolute Gasteiger partial charge is 0.392 e. The van der Waals surface area contributed by atoms with E-state index in [4.69, 9.17) is 21.3 Å². The second-order valence-corrected chi connectivity index (χ2v) is 2.00. The Morgan fingerprint density at radius 1 is 1.31 bits per heavy atom. The van der Waals surface area contributed by atoms with Gasteiger partial charge in [-0.1, -0.05) is 12.2 Å². The average Bonchev–Trinajstić information content (AvgIpc) is 2.13. The molecule has 5 heteroatoms. The fourth-order valence-electron chi connectivity index (χ4n) is 0.732. The number of nitrogens with one attached hydrogen (secondary N) is 3. The van der Waals surface area contributed by atoms with Gasteiger partial charge in [0, 0.05) is 5.57 Å². The van der Waals surface area contributed by atoms with Crippen molar-refractivity contribution in [3.8, 4) is 0 Å². The molecule has 0 spiro atoms. The molecule has 0 amide bonds. The van der Waals surface area contributed by atoms with Gasteiger partial charge in [0.1, 0.15) is 0 Å². The maximum atomic E-state index is 8.64. The molecule has 13 heavy (non-hydrogen) atoms. The first-order valence-corrected chi connectivity index (χ1v) is 3.27. The van der Waals surface area contributed by atoms with E-state index in [0.717, 1.165) is 0 Å². The predicted octanol–water partition coefficient (Wildman–Crippen LogP) is 0.893. The monoisotopic (exact) mass is 199 g/mol. The van der Waals surface area contributed by atoms with Crippen molar-refractivity contribution >= 4 is 31.6 Å². The zero-order valence-corrected chi connectivity index (χ0v) is 8.09. The van der Waals surface area contributed by atoms with E-state index < -0.39 is 0 Å². The third kappa shape index (κ3) is 3.82. The molecule has 0 bridgehead atoms. The second-order valence-electron chi connectivity index (χ2n) is 2.00. The van der Waals surface area contributed by atoms with Gasteiger partial charge in [-0.25, -0.2) is 0 Å². The molecule has 0 radical (unpaired) electrons.